The van der Waals surface area contributed by atoms with Crippen LogP contribution >= 0.6 is 23.7 Å². The topological polar surface area (TPSA) is 36.4 Å². The van der Waals surface area contributed by atoms with Crippen LogP contribution in [0.3, 0.4) is 0 Å². The third-order valence-corrected chi connectivity index (χ3v) is 5.83. The number of anilines is 1. The highest BCUT2D eigenvalue weighted by atomic mass is 35.5. The number of benzene rings is 2. The number of carbonyl (C=O) groups is 1. The zero-order valence-electron chi connectivity index (χ0n) is 17.4. The number of nitrogens with zero attached hydrogens (tertiary/aromatic N) is 3. The molecule has 1 aromatic heterocycles. The first-order valence-electron chi connectivity index (χ1n) is 9.18. The van der Waals surface area contributed by atoms with Crippen molar-refractivity contribution < 1.29 is 4.79 Å². The van der Waals surface area contributed by atoms with Crippen LogP contribution in [-0.4, -0.2) is 43.0 Å². The van der Waals surface area contributed by atoms with Gasteiger partial charge in [0.15, 0.2) is 5.13 Å². The number of rotatable bonds is 5. The van der Waals surface area contributed by atoms with Crippen molar-refractivity contribution in [3.05, 3.63) is 58.1 Å². The zero-order valence-corrected chi connectivity index (χ0v) is 19.0. The quantitative estimate of drug-likeness (QED) is 0.575. The number of halogens is 1. The fourth-order valence-electron chi connectivity index (χ4n) is 3.17. The summed E-state index contributed by atoms with van der Waals surface area (Å²) < 4.78 is 1.12. The molecule has 4 nitrogen and oxygen atoms in total. The van der Waals surface area contributed by atoms with Gasteiger partial charge in [-0.25, -0.2) is 4.98 Å². The molecule has 2 aromatic carbocycles. The first kappa shape index (κ1) is 22.3. The van der Waals surface area contributed by atoms with Crippen LogP contribution in [0.4, 0.5) is 5.13 Å². The Morgan fingerprint density at radius 2 is 1.64 bits per heavy atom. The summed E-state index contributed by atoms with van der Waals surface area (Å²) in [5.74, 6) is 0.0112. The first-order chi connectivity index (χ1) is 12.8. The summed E-state index contributed by atoms with van der Waals surface area (Å²) in [4.78, 5) is 22.1. The van der Waals surface area contributed by atoms with Crippen molar-refractivity contribution in [1.29, 1.82) is 0 Å². The normalized spacial score (nSPS) is 11.0. The molecule has 0 aliphatic heterocycles. The van der Waals surface area contributed by atoms with E-state index in [1.165, 1.54) is 11.1 Å². The molecule has 150 valence electrons. The van der Waals surface area contributed by atoms with E-state index >= 15 is 0 Å². The minimum absolute atomic E-state index is 0. The van der Waals surface area contributed by atoms with Crippen LogP contribution in [0.15, 0.2) is 30.3 Å². The molecule has 1 amide bonds. The SMILES string of the molecule is Cc1cc(C)cc(C(=O)N(CCN(C)C)c2nc3c(C)c(C)ccc3s2)c1.Cl. The minimum Gasteiger partial charge on any atom is -0.308 e. The minimum atomic E-state index is 0. The van der Waals surface area contributed by atoms with Gasteiger partial charge in [0, 0.05) is 18.7 Å². The lowest BCUT2D eigenvalue weighted by Crippen LogP contribution is -2.36. The number of carbonyl (C=O) groups excluding carboxylic acids is 1. The molecule has 3 aromatic rings. The van der Waals surface area contributed by atoms with Crippen molar-refractivity contribution in [2.45, 2.75) is 27.7 Å². The van der Waals surface area contributed by atoms with Gasteiger partial charge in [-0.05, 0) is 71.1 Å². The number of amides is 1. The number of likely N-dealkylation sites (N-methyl/N-ethyl adjacent to an activating group) is 1. The van der Waals surface area contributed by atoms with Crippen molar-refractivity contribution in [2.75, 3.05) is 32.1 Å². The molecule has 0 saturated carbocycles. The monoisotopic (exact) mass is 417 g/mol. The van der Waals surface area contributed by atoms with Crippen molar-refractivity contribution in [2.24, 2.45) is 0 Å². The van der Waals surface area contributed by atoms with E-state index in [1.54, 1.807) is 11.3 Å². The molecule has 0 N–H and O–H groups in total. The number of hydrogen-bond donors (Lipinski definition) is 0. The summed E-state index contributed by atoms with van der Waals surface area (Å²) >= 11 is 1.59. The zero-order chi connectivity index (χ0) is 19.7. The highest BCUT2D eigenvalue weighted by Crippen LogP contribution is 2.32. The molecule has 0 spiro atoms. The molecular formula is C22H28ClN3OS. The Bertz CT molecular complexity index is 977. The molecule has 3 rings (SSSR count). The van der Waals surface area contributed by atoms with Crippen LogP contribution in [0.5, 0.6) is 0 Å². The van der Waals surface area contributed by atoms with Crippen LogP contribution in [0.1, 0.15) is 32.6 Å². The summed E-state index contributed by atoms with van der Waals surface area (Å²) in [5.41, 5.74) is 6.32. The average Bonchev–Trinajstić information content (AvgIpc) is 3.02. The number of fused-ring (bicyclic) bond motifs is 1. The maximum absolute atomic E-state index is 13.4. The number of aryl methyl sites for hydroxylation is 4. The van der Waals surface area contributed by atoms with E-state index in [0.29, 0.717) is 6.54 Å². The van der Waals surface area contributed by atoms with Crippen molar-refractivity contribution in [3.63, 3.8) is 0 Å². The van der Waals surface area contributed by atoms with Gasteiger partial charge in [-0.1, -0.05) is 34.6 Å². The lowest BCUT2D eigenvalue weighted by molar-refractivity contribution is 0.0985. The van der Waals surface area contributed by atoms with E-state index in [-0.39, 0.29) is 18.3 Å². The summed E-state index contributed by atoms with van der Waals surface area (Å²) in [6.45, 7) is 9.63. The van der Waals surface area contributed by atoms with Crippen LogP contribution in [0.2, 0.25) is 0 Å². The Labute approximate surface area is 177 Å². The largest absolute Gasteiger partial charge is 0.308 e. The van der Waals surface area contributed by atoms with Crippen LogP contribution in [-0.2, 0) is 0 Å². The fraction of sp³-hybridized carbons (Fsp3) is 0.364. The molecule has 28 heavy (non-hydrogen) atoms. The van der Waals surface area contributed by atoms with Gasteiger partial charge in [0.1, 0.15) is 0 Å². The molecule has 0 radical (unpaired) electrons. The van der Waals surface area contributed by atoms with E-state index in [4.69, 9.17) is 4.98 Å². The van der Waals surface area contributed by atoms with Crippen LogP contribution < -0.4 is 4.90 Å². The molecule has 0 unspecified atom stereocenters. The molecule has 0 saturated heterocycles. The van der Waals surface area contributed by atoms with Gasteiger partial charge in [-0.2, -0.15) is 0 Å². The molecular weight excluding hydrogens is 390 g/mol. The van der Waals surface area contributed by atoms with Crippen LogP contribution in [0, 0.1) is 27.7 Å². The summed E-state index contributed by atoms with van der Waals surface area (Å²) in [6, 6.07) is 10.2. The number of hydrogen-bond acceptors (Lipinski definition) is 4. The van der Waals surface area contributed by atoms with Gasteiger partial charge < -0.3 is 4.90 Å². The molecule has 0 aliphatic rings. The number of thiazole rings is 1. The standard InChI is InChI=1S/C22H27N3OS.ClH/c1-14-11-15(2)13-18(12-14)21(26)25(10-9-24(5)6)22-23-20-17(4)16(3)7-8-19(20)27-22;/h7-8,11-13H,9-10H2,1-6H3;1H. The van der Waals surface area contributed by atoms with Gasteiger partial charge in [0.2, 0.25) is 0 Å². The molecule has 0 atom stereocenters. The summed E-state index contributed by atoms with van der Waals surface area (Å²) in [7, 11) is 4.04. The number of aromatic nitrogens is 1. The van der Waals surface area contributed by atoms with E-state index in [2.05, 4.69) is 36.9 Å². The van der Waals surface area contributed by atoms with Gasteiger partial charge in [-0.15, -0.1) is 12.4 Å². The fourth-order valence-corrected chi connectivity index (χ4v) is 4.22. The highest BCUT2D eigenvalue weighted by Gasteiger charge is 2.22. The second-order valence-corrected chi connectivity index (χ2v) is 8.50. The molecule has 6 heteroatoms. The molecule has 1 heterocycles. The van der Waals surface area contributed by atoms with E-state index in [0.717, 1.165) is 38.6 Å². The van der Waals surface area contributed by atoms with Gasteiger partial charge in [0.25, 0.3) is 5.91 Å². The second-order valence-electron chi connectivity index (χ2n) is 7.49. The third-order valence-electron chi connectivity index (χ3n) is 4.79. The lowest BCUT2D eigenvalue weighted by atomic mass is 10.1. The second kappa shape index (κ2) is 9.03. The Balaban J connectivity index is 0.00000280. The molecule has 0 bridgehead atoms. The summed E-state index contributed by atoms with van der Waals surface area (Å²) in [5, 5.41) is 0.768. The van der Waals surface area contributed by atoms with Crippen molar-refractivity contribution in [1.82, 2.24) is 9.88 Å². The van der Waals surface area contributed by atoms with Gasteiger partial charge >= 0.3 is 0 Å². The first-order valence-corrected chi connectivity index (χ1v) is 9.99. The van der Waals surface area contributed by atoms with Crippen molar-refractivity contribution in [3.8, 4) is 0 Å². The maximum Gasteiger partial charge on any atom is 0.260 e. The third kappa shape index (κ3) is 4.72. The highest BCUT2D eigenvalue weighted by molar-refractivity contribution is 7.22. The van der Waals surface area contributed by atoms with Gasteiger partial charge in [0.05, 0.1) is 10.2 Å². The van der Waals surface area contributed by atoms with Gasteiger partial charge in [-0.3, -0.25) is 9.69 Å². The Kier molecular flexibility index (Phi) is 7.21. The Morgan fingerprint density at radius 1 is 1.00 bits per heavy atom. The summed E-state index contributed by atoms with van der Waals surface area (Å²) in [6.07, 6.45) is 0. The Morgan fingerprint density at radius 3 is 2.25 bits per heavy atom. The smallest absolute Gasteiger partial charge is 0.260 e. The van der Waals surface area contributed by atoms with E-state index in [1.807, 2.05) is 45.0 Å². The Hall–Kier alpha value is -1.95. The maximum atomic E-state index is 13.4. The molecule has 0 aliphatic carbocycles. The lowest BCUT2D eigenvalue weighted by Gasteiger charge is -2.22. The van der Waals surface area contributed by atoms with Crippen LogP contribution in [0.25, 0.3) is 10.2 Å². The average molecular weight is 418 g/mol. The van der Waals surface area contributed by atoms with Crippen molar-refractivity contribution >= 4 is 45.0 Å². The van der Waals surface area contributed by atoms with E-state index < -0.39 is 0 Å². The predicted octanol–water partition coefficient (Wildman–Crippen LogP) is 5.16. The van der Waals surface area contributed by atoms with E-state index in [9.17, 15) is 4.79 Å². The molecule has 0 fully saturated rings. The predicted molar refractivity (Wildman–Crippen MR) is 122 cm³/mol.